The highest BCUT2D eigenvalue weighted by molar-refractivity contribution is 6.07. The average molecular weight is 330 g/mol. The van der Waals surface area contributed by atoms with Crippen LogP contribution in [0.15, 0.2) is 24.3 Å². The van der Waals surface area contributed by atoms with Crippen molar-refractivity contribution in [2.24, 2.45) is 5.73 Å². The van der Waals surface area contributed by atoms with Gasteiger partial charge < -0.3 is 16.4 Å². The van der Waals surface area contributed by atoms with Crippen molar-refractivity contribution in [3.8, 4) is 0 Å². The van der Waals surface area contributed by atoms with Crippen LogP contribution in [0.2, 0.25) is 0 Å². The summed E-state index contributed by atoms with van der Waals surface area (Å²) in [5.41, 5.74) is 5.56. The second-order valence-corrected chi connectivity index (χ2v) is 6.76. The number of carbonyl (C=O) groups is 3. The zero-order valence-electron chi connectivity index (χ0n) is 13.6. The number of imide groups is 1. The molecule has 0 radical (unpaired) electrons. The number of urea groups is 1. The Labute approximate surface area is 140 Å². The number of rotatable bonds is 4. The van der Waals surface area contributed by atoms with Crippen molar-refractivity contribution in [3.63, 3.8) is 0 Å². The van der Waals surface area contributed by atoms with Gasteiger partial charge in [0, 0.05) is 12.1 Å². The lowest BCUT2D eigenvalue weighted by atomic mass is 9.91. The summed E-state index contributed by atoms with van der Waals surface area (Å²) in [6.45, 7) is 2.06. The number of nitrogens with one attached hydrogen (secondary N) is 3. The van der Waals surface area contributed by atoms with E-state index in [-0.39, 0.29) is 11.4 Å². The van der Waals surface area contributed by atoms with Gasteiger partial charge >= 0.3 is 6.03 Å². The van der Waals surface area contributed by atoms with Crippen molar-refractivity contribution in [3.05, 3.63) is 35.4 Å². The predicted octanol–water partition coefficient (Wildman–Crippen LogP) is 0.743. The Morgan fingerprint density at radius 1 is 1.21 bits per heavy atom. The van der Waals surface area contributed by atoms with Crippen molar-refractivity contribution < 1.29 is 14.4 Å². The molecule has 1 atom stereocenters. The van der Waals surface area contributed by atoms with Gasteiger partial charge in [0.2, 0.25) is 0 Å². The monoisotopic (exact) mass is 330 g/mol. The third kappa shape index (κ3) is 2.75. The molecule has 1 aromatic carbocycles. The number of hydrogen-bond donors (Lipinski definition) is 4. The van der Waals surface area contributed by atoms with Gasteiger partial charge in [0.05, 0.1) is 5.54 Å². The summed E-state index contributed by atoms with van der Waals surface area (Å²) in [6, 6.07) is 6.17. The number of amides is 4. The van der Waals surface area contributed by atoms with Crippen LogP contribution in [0.25, 0.3) is 0 Å². The number of benzene rings is 1. The Balaban J connectivity index is 1.76. The van der Waals surface area contributed by atoms with Crippen LogP contribution in [-0.4, -0.2) is 29.9 Å². The van der Waals surface area contributed by atoms with E-state index in [1.807, 2.05) is 0 Å². The molecule has 1 unspecified atom stereocenters. The van der Waals surface area contributed by atoms with Crippen molar-refractivity contribution >= 4 is 17.8 Å². The fourth-order valence-corrected chi connectivity index (χ4v) is 3.45. The van der Waals surface area contributed by atoms with Crippen molar-refractivity contribution in [1.29, 1.82) is 0 Å². The molecule has 24 heavy (non-hydrogen) atoms. The van der Waals surface area contributed by atoms with E-state index in [0.717, 1.165) is 25.7 Å². The minimum atomic E-state index is -1.12. The molecule has 0 bridgehead atoms. The summed E-state index contributed by atoms with van der Waals surface area (Å²) in [4.78, 5) is 35.8. The minimum absolute atomic E-state index is 0.168. The van der Waals surface area contributed by atoms with Crippen LogP contribution in [0.3, 0.4) is 0 Å². The van der Waals surface area contributed by atoms with Crippen LogP contribution < -0.4 is 21.7 Å². The molecule has 2 aliphatic rings. The first-order valence-electron chi connectivity index (χ1n) is 8.15. The van der Waals surface area contributed by atoms with Crippen LogP contribution in [0.1, 0.15) is 48.5 Å². The van der Waals surface area contributed by atoms with Gasteiger partial charge in [0.15, 0.2) is 0 Å². The smallest absolute Gasteiger partial charge is 0.322 e. The molecule has 1 aliphatic heterocycles. The molecule has 1 aromatic rings. The van der Waals surface area contributed by atoms with Gasteiger partial charge in [-0.05, 0) is 37.5 Å². The fourth-order valence-electron chi connectivity index (χ4n) is 3.45. The van der Waals surface area contributed by atoms with Crippen LogP contribution >= 0.6 is 0 Å². The van der Waals surface area contributed by atoms with E-state index in [2.05, 4.69) is 16.0 Å². The zero-order chi connectivity index (χ0) is 17.4. The van der Waals surface area contributed by atoms with Crippen molar-refractivity contribution in [1.82, 2.24) is 16.0 Å². The molecular formula is C17H22N4O3. The van der Waals surface area contributed by atoms with Gasteiger partial charge in [0.1, 0.15) is 5.54 Å². The van der Waals surface area contributed by atoms with E-state index in [1.54, 1.807) is 31.2 Å². The summed E-state index contributed by atoms with van der Waals surface area (Å²) < 4.78 is 0. The molecule has 0 spiro atoms. The zero-order valence-corrected chi connectivity index (χ0v) is 13.6. The van der Waals surface area contributed by atoms with Gasteiger partial charge in [-0.1, -0.05) is 25.0 Å². The van der Waals surface area contributed by atoms with E-state index in [1.165, 1.54) is 0 Å². The van der Waals surface area contributed by atoms with E-state index in [4.69, 9.17) is 5.73 Å². The second-order valence-electron chi connectivity index (χ2n) is 6.76. The second kappa shape index (κ2) is 5.90. The largest absolute Gasteiger partial charge is 0.345 e. The molecule has 4 amide bonds. The molecule has 7 nitrogen and oxygen atoms in total. The normalized spacial score (nSPS) is 25.2. The quantitative estimate of drug-likeness (QED) is 0.610. The first kappa shape index (κ1) is 16.4. The van der Waals surface area contributed by atoms with Gasteiger partial charge in [-0.2, -0.15) is 0 Å². The van der Waals surface area contributed by atoms with Crippen LogP contribution in [0, 0.1) is 0 Å². The third-order valence-corrected chi connectivity index (χ3v) is 5.10. The molecule has 2 fully saturated rings. The topological polar surface area (TPSA) is 113 Å². The Bertz CT molecular complexity index is 680. The molecule has 1 saturated heterocycles. The van der Waals surface area contributed by atoms with Crippen LogP contribution in [0.5, 0.6) is 0 Å². The maximum Gasteiger partial charge on any atom is 0.322 e. The lowest BCUT2D eigenvalue weighted by Gasteiger charge is -2.29. The predicted molar refractivity (Wildman–Crippen MR) is 88.2 cm³/mol. The van der Waals surface area contributed by atoms with Gasteiger partial charge in [-0.15, -0.1) is 0 Å². The first-order valence-corrected chi connectivity index (χ1v) is 8.15. The molecule has 1 heterocycles. The van der Waals surface area contributed by atoms with E-state index in [9.17, 15) is 14.4 Å². The summed E-state index contributed by atoms with van der Waals surface area (Å²) in [7, 11) is 0. The van der Waals surface area contributed by atoms with Crippen molar-refractivity contribution in [2.45, 2.75) is 43.7 Å². The Kier molecular flexibility index (Phi) is 4.04. The first-order chi connectivity index (χ1) is 11.4. The van der Waals surface area contributed by atoms with E-state index < -0.39 is 17.5 Å². The molecule has 128 valence electrons. The molecule has 3 rings (SSSR count). The lowest BCUT2D eigenvalue weighted by molar-refractivity contribution is -0.123. The highest BCUT2D eigenvalue weighted by Crippen LogP contribution is 2.29. The van der Waals surface area contributed by atoms with E-state index in [0.29, 0.717) is 17.7 Å². The Hall–Kier alpha value is -2.41. The van der Waals surface area contributed by atoms with Crippen LogP contribution in [-0.2, 0) is 10.3 Å². The molecule has 1 saturated carbocycles. The molecule has 5 N–H and O–H groups in total. The molecule has 0 aromatic heterocycles. The third-order valence-electron chi connectivity index (χ3n) is 5.10. The summed E-state index contributed by atoms with van der Waals surface area (Å²) >= 11 is 0. The summed E-state index contributed by atoms with van der Waals surface area (Å²) in [5.74, 6) is -0.572. The standard InChI is InChI=1S/C17H22N4O3/c1-16(14(23)19-15(24)21-16)12-6-4-11(5-7-12)13(22)20-17(10-18)8-2-3-9-17/h4-7H,2-3,8-10,18H2,1H3,(H,20,22)(H2,19,21,23,24). The number of nitrogens with two attached hydrogens (primary N) is 1. The minimum Gasteiger partial charge on any atom is -0.345 e. The summed E-state index contributed by atoms with van der Waals surface area (Å²) in [5, 5.41) is 7.88. The number of hydrogen-bond acceptors (Lipinski definition) is 4. The highest BCUT2D eigenvalue weighted by atomic mass is 16.2. The summed E-state index contributed by atoms with van der Waals surface area (Å²) in [6.07, 6.45) is 3.95. The van der Waals surface area contributed by atoms with Gasteiger partial charge in [0.25, 0.3) is 11.8 Å². The molecule has 7 heteroatoms. The Morgan fingerprint density at radius 2 is 1.83 bits per heavy atom. The lowest BCUT2D eigenvalue weighted by Crippen LogP contribution is -2.51. The van der Waals surface area contributed by atoms with Crippen LogP contribution in [0.4, 0.5) is 4.79 Å². The fraction of sp³-hybridized carbons (Fsp3) is 0.471. The van der Waals surface area contributed by atoms with Crippen molar-refractivity contribution in [2.75, 3.05) is 6.54 Å². The maximum atomic E-state index is 12.5. The van der Waals surface area contributed by atoms with E-state index >= 15 is 0 Å². The number of carbonyl (C=O) groups excluding carboxylic acids is 3. The van der Waals surface area contributed by atoms with Gasteiger partial charge in [-0.3, -0.25) is 14.9 Å². The SMILES string of the molecule is CC1(c2ccc(C(=O)NC3(CN)CCCC3)cc2)NC(=O)NC1=O. The Morgan fingerprint density at radius 3 is 2.33 bits per heavy atom. The van der Waals surface area contributed by atoms with Gasteiger partial charge in [-0.25, -0.2) is 4.79 Å². The average Bonchev–Trinajstić information content (AvgIpc) is 3.13. The highest BCUT2D eigenvalue weighted by Gasteiger charge is 2.43. The molecular weight excluding hydrogens is 308 g/mol. The molecule has 1 aliphatic carbocycles. The maximum absolute atomic E-state index is 12.5.